The van der Waals surface area contributed by atoms with E-state index in [1.807, 2.05) is 12.1 Å². The maximum absolute atomic E-state index is 5.17. The van der Waals surface area contributed by atoms with Gasteiger partial charge in [-0.25, -0.2) is 0 Å². The molecule has 0 spiro atoms. The highest BCUT2D eigenvalue weighted by Crippen LogP contribution is 2.24. The number of hydrogen-bond donors (Lipinski definition) is 1. The molecule has 0 fully saturated rings. The zero-order valence-corrected chi connectivity index (χ0v) is 13.3. The van der Waals surface area contributed by atoms with E-state index in [0.717, 1.165) is 18.7 Å². The Morgan fingerprint density at radius 2 is 1.68 bits per heavy atom. The number of benzene rings is 1. The molecule has 2 heteroatoms. The highest BCUT2D eigenvalue weighted by Gasteiger charge is 2.20. The molecular formula is C17H29NO. The number of ether oxygens (including phenoxy) is 1. The quantitative estimate of drug-likeness (QED) is 0.840. The van der Waals surface area contributed by atoms with Gasteiger partial charge in [-0.15, -0.1) is 0 Å². The summed E-state index contributed by atoms with van der Waals surface area (Å²) >= 11 is 0. The Kier molecular flexibility index (Phi) is 5.86. The van der Waals surface area contributed by atoms with Crippen LogP contribution in [0.5, 0.6) is 5.75 Å². The summed E-state index contributed by atoms with van der Waals surface area (Å²) in [7, 11) is 1.70. The average Bonchev–Trinajstić information content (AvgIpc) is 2.35. The van der Waals surface area contributed by atoms with Gasteiger partial charge >= 0.3 is 0 Å². The van der Waals surface area contributed by atoms with Gasteiger partial charge in [-0.3, -0.25) is 0 Å². The van der Waals surface area contributed by atoms with Crippen molar-refractivity contribution in [1.82, 2.24) is 5.32 Å². The molecule has 2 nitrogen and oxygen atoms in total. The third kappa shape index (κ3) is 5.65. The summed E-state index contributed by atoms with van der Waals surface area (Å²) in [5, 5.41) is 3.63. The van der Waals surface area contributed by atoms with Gasteiger partial charge in [-0.05, 0) is 48.9 Å². The highest BCUT2D eigenvalue weighted by atomic mass is 16.5. The van der Waals surface area contributed by atoms with Crippen LogP contribution in [-0.4, -0.2) is 19.7 Å². The van der Waals surface area contributed by atoms with Crippen LogP contribution >= 0.6 is 0 Å². The van der Waals surface area contributed by atoms with E-state index in [1.54, 1.807) is 7.11 Å². The molecule has 2 atom stereocenters. The molecule has 0 saturated heterocycles. The Labute approximate surface area is 118 Å². The van der Waals surface area contributed by atoms with Crippen molar-refractivity contribution < 1.29 is 4.74 Å². The molecule has 1 N–H and O–H groups in total. The number of methoxy groups -OCH3 is 1. The Morgan fingerprint density at radius 1 is 1.11 bits per heavy atom. The number of nitrogens with one attached hydrogen (secondary N) is 1. The van der Waals surface area contributed by atoms with Gasteiger partial charge in [-0.2, -0.15) is 0 Å². The minimum Gasteiger partial charge on any atom is -0.497 e. The van der Waals surface area contributed by atoms with Crippen molar-refractivity contribution in [3.8, 4) is 5.75 Å². The molecule has 0 saturated carbocycles. The topological polar surface area (TPSA) is 21.3 Å². The summed E-state index contributed by atoms with van der Waals surface area (Å²) in [6.45, 7) is 12.5. The number of rotatable bonds is 6. The summed E-state index contributed by atoms with van der Waals surface area (Å²) in [6.07, 6.45) is 1.06. The first-order valence-corrected chi connectivity index (χ1v) is 7.19. The Morgan fingerprint density at radius 3 is 2.16 bits per heavy atom. The maximum atomic E-state index is 5.17. The summed E-state index contributed by atoms with van der Waals surface area (Å²) in [6, 6.07) is 8.84. The fraction of sp³-hybridized carbons (Fsp3) is 0.647. The molecule has 0 aliphatic carbocycles. The molecule has 1 aromatic rings. The molecule has 108 valence electrons. The van der Waals surface area contributed by atoms with E-state index in [0.29, 0.717) is 17.4 Å². The lowest BCUT2D eigenvalue weighted by Crippen LogP contribution is -2.36. The Balaban J connectivity index is 2.40. The standard InChI is InChI=1S/C17H29NO/c1-13(17(3,4)5)12-18-14(2)11-15-7-9-16(19-6)10-8-15/h7-10,13-14,18H,11-12H2,1-6H3. The molecule has 0 amide bonds. The summed E-state index contributed by atoms with van der Waals surface area (Å²) in [5.74, 6) is 1.59. The predicted octanol–water partition coefficient (Wildman–Crippen LogP) is 3.90. The van der Waals surface area contributed by atoms with Crippen LogP contribution in [0.25, 0.3) is 0 Å². The van der Waals surface area contributed by atoms with Crippen LogP contribution in [0.15, 0.2) is 24.3 Å². The molecule has 2 unspecified atom stereocenters. The molecular weight excluding hydrogens is 234 g/mol. The smallest absolute Gasteiger partial charge is 0.118 e. The van der Waals surface area contributed by atoms with Crippen LogP contribution in [0.3, 0.4) is 0 Å². The summed E-state index contributed by atoms with van der Waals surface area (Å²) < 4.78 is 5.17. The molecule has 0 aliphatic rings. The van der Waals surface area contributed by atoms with Crippen molar-refractivity contribution in [2.24, 2.45) is 11.3 Å². The first kappa shape index (κ1) is 16.0. The Bertz CT molecular complexity index is 364. The first-order chi connectivity index (χ1) is 8.82. The molecule has 0 bridgehead atoms. The largest absolute Gasteiger partial charge is 0.497 e. The second-order valence-electron chi connectivity index (χ2n) is 6.63. The molecule has 0 aromatic heterocycles. The highest BCUT2D eigenvalue weighted by molar-refractivity contribution is 5.27. The van der Waals surface area contributed by atoms with Gasteiger partial charge in [0.2, 0.25) is 0 Å². The average molecular weight is 263 g/mol. The fourth-order valence-electron chi connectivity index (χ4n) is 1.87. The van der Waals surface area contributed by atoms with Gasteiger partial charge in [0.15, 0.2) is 0 Å². The predicted molar refractivity (Wildman–Crippen MR) is 82.8 cm³/mol. The van der Waals surface area contributed by atoms with Gasteiger partial charge in [0.1, 0.15) is 5.75 Å². The van der Waals surface area contributed by atoms with Crippen LogP contribution in [0, 0.1) is 11.3 Å². The number of hydrogen-bond acceptors (Lipinski definition) is 2. The maximum Gasteiger partial charge on any atom is 0.118 e. The molecule has 1 aromatic carbocycles. The van der Waals surface area contributed by atoms with Crippen molar-refractivity contribution in [3.63, 3.8) is 0 Å². The van der Waals surface area contributed by atoms with E-state index >= 15 is 0 Å². The van der Waals surface area contributed by atoms with Gasteiger partial charge in [0.25, 0.3) is 0 Å². The lowest BCUT2D eigenvalue weighted by atomic mass is 9.82. The normalized spacial score (nSPS) is 15.1. The van der Waals surface area contributed by atoms with Crippen LogP contribution in [0.4, 0.5) is 0 Å². The summed E-state index contributed by atoms with van der Waals surface area (Å²) in [4.78, 5) is 0. The molecule has 0 heterocycles. The van der Waals surface area contributed by atoms with E-state index in [1.165, 1.54) is 5.56 Å². The molecule has 19 heavy (non-hydrogen) atoms. The van der Waals surface area contributed by atoms with Gasteiger partial charge in [0.05, 0.1) is 7.11 Å². The molecule has 0 radical (unpaired) electrons. The van der Waals surface area contributed by atoms with E-state index in [2.05, 4.69) is 52.1 Å². The van der Waals surface area contributed by atoms with E-state index in [4.69, 9.17) is 4.74 Å². The second-order valence-corrected chi connectivity index (χ2v) is 6.63. The summed E-state index contributed by atoms with van der Waals surface area (Å²) in [5.41, 5.74) is 1.72. The van der Waals surface area contributed by atoms with Gasteiger partial charge < -0.3 is 10.1 Å². The van der Waals surface area contributed by atoms with Gasteiger partial charge in [0, 0.05) is 6.04 Å². The van der Waals surface area contributed by atoms with E-state index in [9.17, 15) is 0 Å². The van der Waals surface area contributed by atoms with Crippen LogP contribution in [-0.2, 0) is 6.42 Å². The van der Waals surface area contributed by atoms with E-state index < -0.39 is 0 Å². The fourth-order valence-corrected chi connectivity index (χ4v) is 1.87. The minimum atomic E-state index is 0.368. The third-order valence-electron chi connectivity index (χ3n) is 3.95. The van der Waals surface area contributed by atoms with Crippen molar-refractivity contribution in [3.05, 3.63) is 29.8 Å². The lowest BCUT2D eigenvalue weighted by molar-refractivity contribution is 0.246. The van der Waals surface area contributed by atoms with Crippen molar-refractivity contribution in [2.45, 2.75) is 47.1 Å². The minimum absolute atomic E-state index is 0.368. The van der Waals surface area contributed by atoms with Crippen LogP contribution in [0.2, 0.25) is 0 Å². The molecule has 1 rings (SSSR count). The van der Waals surface area contributed by atoms with Crippen LogP contribution in [0.1, 0.15) is 40.2 Å². The second kappa shape index (κ2) is 6.95. The van der Waals surface area contributed by atoms with Gasteiger partial charge in [-0.1, -0.05) is 39.8 Å². The van der Waals surface area contributed by atoms with Crippen molar-refractivity contribution in [1.29, 1.82) is 0 Å². The lowest BCUT2D eigenvalue weighted by Gasteiger charge is -2.28. The van der Waals surface area contributed by atoms with E-state index in [-0.39, 0.29) is 0 Å². The van der Waals surface area contributed by atoms with Crippen molar-refractivity contribution >= 4 is 0 Å². The molecule has 0 aliphatic heterocycles. The Hall–Kier alpha value is -1.02. The SMILES string of the molecule is COc1ccc(CC(C)NCC(C)C(C)(C)C)cc1. The monoisotopic (exact) mass is 263 g/mol. The zero-order chi connectivity index (χ0) is 14.5. The first-order valence-electron chi connectivity index (χ1n) is 7.19. The van der Waals surface area contributed by atoms with Crippen LogP contribution < -0.4 is 10.1 Å². The zero-order valence-electron chi connectivity index (χ0n) is 13.3. The van der Waals surface area contributed by atoms with Crippen molar-refractivity contribution in [2.75, 3.05) is 13.7 Å². The third-order valence-corrected chi connectivity index (χ3v) is 3.95.